The second-order valence-electron chi connectivity index (χ2n) is 20.2. The molecule has 1 amide bonds. The van der Waals surface area contributed by atoms with E-state index in [0.29, 0.717) is 67.7 Å². The Morgan fingerprint density at radius 3 is 2.51 bits per heavy atom. The standard InChI is InChI=1S/C52H76N2O13S2/c1-31-5-8-36(9-12-42(58)35-21-50(62)54-27-35)52(25-31)14-3-4-15-53-26-34-7-11-38(22-41(34)52)67-46-20-33-6-10-37(65-29-56)23-43(59)40(17-32-18-47(64-2)51(63)48(19-32)66-30-57)45(61)28-68-69-49(13-16-55)39(33)24-44(46)60/h18-20,24,31,34-38,40-43,45,49,53,55-61,63H,4-13,15-17,21-23,25-30H2,1-2H3,(H,54,62). The van der Waals surface area contributed by atoms with Crippen LogP contribution in [0.1, 0.15) is 112 Å². The molecule has 0 radical (unpaired) electrons. The van der Waals surface area contributed by atoms with Gasteiger partial charge in [0.05, 0.1) is 37.6 Å². The number of hydrogen-bond donors (Lipinski definition) is 10. The number of benzene rings is 2. The first-order valence-corrected chi connectivity index (χ1v) is 27.5. The van der Waals surface area contributed by atoms with Gasteiger partial charge in [0, 0.05) is 60.8 Å². The Balaban J connectivity index is 1.14. The van der Waals surface area contributed by atoms with E-state index in [0.717, 1.165) is 75.6 Å². The number of amides is 1. The van der Waals surface area contributed by atoms with E-state index in [2.05, 4.69) is 29.4 Å². The van der Waals surface area contributed by atoms with Gasteiger partial charge in [0.2, 0.25) is 11.7 Å². The number of fused-ring (bicyclic) bond motifs is 3. The van der Waals surface area contributed by atoms with Crippen LogP contribution in [-0.4, -0.2) is 130 Å². The zero-order valence-electron chi connectivity index (χ0n) is 40.2. The van der Waals surface area contributed by atoms with Crippen LogP contribution in [0.3, 0.4) is 0 Å². The topological polar surface area (TPSA) is 240 Å². The van der Waals surface area contributed by atoms with Crippen LogP contribution in [0.4, 0.5) is 0 Å². The molecule has 3 heterocycles. The van der Waals surface area contributed by atoms with Gasteiger partial charge in [-0.3, -0.25) is 4.79 Å². The first-order chi connectivity index (χ1) is 33.4. The number of phenols is 2. The van der Waals surface area contributed by atoms with Gasteiger partial charge >= 0.3 is 0 Å². The minimum atomic E-state index is -1.08. The fourth-order valence-electron chi connectivity index (χ4n) is 12.2. The number of aryl methyl sites for hydroxylation is 1. The van der Waals surface area contributed by atoms with Crippen LogP contribution in [0.25, 0.3) is 0 Å². The molecule has 10 N–H and O–H groups in total. The molecule has 13 atom stereocenters. The predicted octanol–water partition coefficient (Wildman–Crippen LogP) is 5.35. The Hall–Kier alpha value is -3.15. The summed E-state index contributed by atoms with van der Waals surface area (Å²) >= 11 is 0. The van der Waals surface area contributed by atoms with Crippen molar-refractivity contribution in [1.29, 1.82) is 0 Å². The fourth-order valence-corrected chi connectivity index (χ4v) is 15.1. The highest BCUT2D eigenvalue weighted by Crippen LogP contribution is 2.57. The summed E-state index contributed by atoms with van der Waals surface area (Å²) in [7, 11) is 4.28. The lowest BCUT2D eigenvalue weighted by Crippen LogP contribution is -2.50. The zero-order chi connectivity index (χ0) is 49.1. The molecule has 384 valence electrons. The van der Waals surface area contributed by atoms with Gasteiger partial charge < -0.3 is 70.4 Å². The van der Waals surface area contributed by atoms with Crippen molar-refractivity contribution in [3.8, 4) is 40.6 Å². The maximum atomic E-state index is 12.0. The molecule has 0 bridgehead atoms. The molecule has 3 aliphatic heterocycles. The van der Waals surface area contributed by atoms with Crippen LogP contribution >= 0.6 is 21.6 Å². The third-order valence-corrected chi connectivity index (χ3v) is 18.6. The molecular weight excluding hydrogens is 925 g/mol. The summed E-state index contributed by atoms with van der Waals surface area (Å²) in [5.41, 5.74) is 2.04. The number of aliphatic hydroxyl groups is 6. The number of rotatable bonds is 15. The Bertz CT molecular complexity index is 2050. The lowest BCUT2D eigenvalue weighted by atomic mass is 9.51. The van der Waals surface area contributed by atoms with Crippen LogP contribution < -0.4 is 24.8 Å². The molecule has 5 aliphatic rings. The van der Waals surface area contributed by atoms with Crippen LogP contribution in [0.15, 0.2) is 24.3 Å². The second kappa shape index (κ2) is 25.5. The minimum Gasteiger partial charge on any atom is -0.504 e. The lowest BCUT2D eigenvalue weighted by Gasteiger charge is -2.53. The fraction of sp³-hybridized carbons (Fsp3) is 0.712. The zero-order valence-corrected chi connectivity index (χ0v) is 41.9. The highest BCUT2D eigenvalue weighted by molar-refractivity contribution is 8.76. The summed E-state index contributed by atoms with van der Waals surface area (Å²) in [4.78, 5) is 12.0. The summed E-state index contributed by atoms with van der Waals surface area (Å²) in [6.07, 6.45) is 6.26. The van der Waals surface area contributed by atoms with Crippen LogP contribution in [0.5, 0.6) is 28.7 Å². The number of carbonyl (C=O) groups is 1. The van der Waals surface area contributed by atoms with Crippen LogP contribution in [0.2, 0.25) is 0 Å². The Labute approximate surface area is 415 Å². The van der Waals surface area contributed by atoms with Crippen molar-refractivity contribution in [2.45, 2.75) is 139 Å². The van der Waals surface area contributed by atoms with Gasteiger partial charge in [0.25, 0.3) is 0 Å². The molecule has 3 fully saturated rings. The minimum absolute atomic E-state index is 0.00459. The van der Waals surface area contributed by atoms with E-state index in [1.165, 1.54) is 34.8 Å². The van der Waals surface area contributed by atoms with Crippen molar-refractivity contribution in [1.82, 2.24) is 10.6 Å². The third kappa shape index (κ3) is 13.5. The van der Waals surface area contributed by atoms with E-state index >= 15 is 0 Å². The number of hydrogen-bond acceptors (Lipinski definition) is 16. The molecule has 2 aliphatic carbocycles. The largest absolute Gasteiger partial charge is 0.504 e. The number of aromatic hydroxyl groups is 2. The Morgan fingerprint density at radius 1 is 0.928 bits per heavy atom. The molecule has 7 rings (SSSR count). The number of phenolic OH excluding ortho intramolecular Hbond substituents is 2. The average Bonchev–Trinajstić information content (AvgIpc) is 3.80. The first-order valence-electron chi connectivity index (χ1n) is 25.1. The number of nitrogens with one attached hydrogen (secondary N) is 2. The molecule has 17 heteroatoms. The number of methoxy groups -OCH3 is 1. The summed E-state index contributed by atoms with van der Waals surface area (Å²) in [6, 6.07) is 6.79. The highest BCUT2D eigenvalue weighted by atomic mass is 33.1. The summed E-state index contributed by atoms with van der Waals surface area (Å²) < 4.78 is 23.4. The van der Waals surface area contributed by atoms with E-state index in [4.69, 9.17) is 18.9 Å². The molecule has 0 aromatic heterocycles. The predicted molar refractivity (Wildman–Crippen MR) is 265 cm³/mol. The van der Waals surface area contributed by atoms with Crippen molar-refractivity contribution in [3.05, 3.63) is 41.0 Å². The lowest BCUT2D eigenvalue weighted by molar-refractivity contribution is -0.119. The van der Waals surface area contributed by atoms with E-state index in [1.807, 2.05) is 6.07 Å². The van der Waals surface area contributed by atoms with Gasteiger partial charge in [0.1, 0.15) is 6.79 Å². The van der Waals surface area contributed by atoms with Crippen molar-refractivity contribution in [2.24, 2.45) is 40.9 Å². The van der Waals surface area contributed by atoms with Gasteiger partial charge in [-0.25, -0.2) is 0 Å². The second-order valence-corrected chi connectivity index (χ2v) is 22.8. The normalized spacial score (nSPS) is 32.8. The molecule has 13 unspecified atom stereocenters. The van der Waals surface area contributed by atoms with Crippen molar-refractivity contribution >= 4 is 27.5 Å². The molecule has 2 saturated carbocycles. The molecule has 2 aromatic rings. The Morgan fingerprint density at radius 2 is 1.75 bits per heavy atom. The third-order valence-electron chi connectivity index (χ3n) is 15.8. The van der Waals surface area contributed by atoms with Crippen molar-refractivity contribution in [2.75, 3.05) is 52.7 Å². The monoisotopic (exact) mass is 1000 g/mol. The van der Waals surface area contributed by atoms with Gasteiger partial charge in [-0.2, -0.15) is 0 Å². The molecule has 15 nitrogen and oxygen atoms in total. The summed E-state index contributed by atoms with van der Waals surface area (Å²) in [5.74, 6) is 8.57. The van der Waals surface area contributed by atoms with Crippen molar-refractivity contribution < 1.29 is 64.6 Å². The molecule has 69 heavy (non-hydrogen) atoms. The number of aliphatic hydroxyl groups excluding tert-OH is 6. The maximum absolute atomic E-state index is 12.0. The van der Waals surface area contributed by atoms with E-state index in [-0.39, 0.29) is 82.7 Å². The van der Waals surface area contributed by atoms with Crippen LogP contribution in [-0.2, 0) is 22.4 Å². The van der Waals surface area contributed by atoms with E-state index in [9.17, 15) is 45.6 Å². The van der Waals surface area contributed by atoms with Crippen molar-refractivity contribution in [3.63, 3.8) is 0 Å². The number of ether oxygens (including phenoxy) is 4. The summed E-state index contributed by atoms with van der Waals surface area (Å²) in [6.45, 7) is 3.22. The maximum Gasteiger partial charge on any atom is 0.220 e. The van der Waals surface area contributed by atoms with E-state index in [1.54, 1.807) is 12.1 Å². The quantitative estimate of drug-likeness (QED) is 0.0615. The SMILES string of the molecule is COc1cc(CC2C(O)CSSC(CCO)c3cc(O)c(OC4CCC5CNCCC#CC6(CC(C)CCC6CCC(O)C6CNC(=O)C6)C5C4)cc3CCC(OCO)CC2O)cc(OCO)c1O. The Kier molecular flexibility index (Phi) is 19.8. The van der Waals surface area contributed by atoms with Crippen LogP contribution in [0, 0.1) is 52.8 Å². The number of carbonyl (C=O) groups excluding carboxylic acids is 1. The van der Waals surface area contributed by atoms with Gasteiger partial charge in [0.15, 0.2) is 29.8 Å². The smallest absolute Gasteiger partial charge is 0.220 e. The molecule has 2 aromatic carbocycles. The molecule has 1 spiro atoms. The molecule has 1 saturated heterocycles. The average molecular weight is 1000 g/mol. The molecular formula is C52H76N2O13S2. The van der Waals surface area contributed by atoms with Gasteiger partial charge in [-0.15, -0.1) is 5.92 Å². The van der Waals surface area contributed by atoms with E-state index < -0.39 is 43.9 Å². The summed E-state index contributed by atoms with van der Waals surface area (Å²) in [5, 5.41) is 93.4. The van der Waals surface area contributed by atoms with Gasteiger partial charge in [-0.05, 0) is 148 Å². The first kappa shape index (κ1) is 53.6. The highest BCUT2D eigenvalue weighted by Gasteiger charge is 2.52. The van der Waals surface area contributed by atoms with Gasteiger partial charge in [-0.1, -0.05) is 40.9 Å².